The molecule has 0 spiro atoms. The summed E-state index contributed by atoms with van der Waals surface area (Å²) in [5, 5.41) is 20.5. The number of hydrogen-bond acceptors (Lipinski definition) is 10. The van der Waals surface area contributed by atoms with Crippen molar-refractivity contribution in [2.45, 2.75) is 13.8 Å². The summed E-state index contributed by atoms with van der Waals surface area (Å²) in [6.45, 7) is 4.76. The Balaban J connectivity index is 1.28. The zero-order valence-electron chi connectivity index (χ0n) is 30.5. The van der Waals surface area contributed by atoms with Gasteiger partial charge in [0.1, 0.15) is 59.5 Å². The molecular formula is C44H38N4O6. The molecule has 0 saturated heterocycles. The third kappa shape index (κ3) is 8.04. The topological polar surface area (TPSA) is 129 Å². The Bertz CT molecular complexity index is 2150. The summed E-state index contributed by atoms with van der Waals surface area (Å²) in [6, 6.07) is 38.4. The van der Waals surface area contributed by atoms with E-state index in [1.165, 1.54) is 0 Å². The van der Waals surface area contributed by atoms with E-state index in [4.69, 9.17) is 38.4 Å². The van der Waals surface area contributed by atoms with Gasteiger partial charge in [0.25, 0.3) is 0 Å². The lowest BCUT2D eigenvalue weighted by molar-refractivity contribution is 0.218. The molecule has 54 heavy (non-hydrogen) atoms. The van der Waals surface area contributed by atoms with Crippen LogP contribution in [0.5, 0.6) is 34.8 Å². The van der Waals surface area contributed by atoms with Gasteiger partial charge in [0, 0.05) is 33.4 Å². The zero-order valence-corrected chi connectivity index (χ0v) is 30.5. The molecule has 10 heteroatoms. The van der Waals surface area contributed by atoms with Crippen LogP contribution in [0.15, 0.2) is 109 Å². The van der Waals surface area contributed by atoms with Gasteiger partial charge >= 0.3 is 0 Å². The Hall–Kier alpha value is -7.04. The predicted molar refractivity (Wildman–Crippen MR) is 206 cm³/mol. The third-order valence-corrected chi connectivity index (χ3v) is 8.48. The number of benzene rings is 4. The summed E-state index contributed by atoms with van der Waals surface area (Å²) in [5.74, 6) is 3.06. The van der Waals surface area contributed by atoms with E-state index in [0.29, 0.717) is 69.5 Å². The Kier molecular flexibility index (Phi) is 11.9. The number of rotatable bonds is 15. The smallest absolute Gasteiger partial charge is 0.232 e. The van der Waals surface area contributed by atoms with Crippen molar-refractivity contribution in [2.75, 3.05) is 40.6 Å². The van der Waals surface area contributed by atoms with E-state index in [9.17, 15) is 10.5 Å². The first-order chi connectivity index (χ1) is 26.5. The molecule has 0 aliphatic heterocycles. The standard InChI is InChI=1S/C44H38N4O6/c1-5-51-43-37(27-45)35(25-39(47-43)29-15-19-31(49-3)20-16-29)33-11-7-9-13-41(33)53-23-24-54-42-14-10-8-12-34(42)36-26-40(30-17-21-32(50-4)22-18-30)48-44(52-6-2)38(36)28-46/h7-22,25-26H,5-6,23-24H2,1-4H3. The highest BCUT2D eigenvalue weighted by atomic mass is 16.5. The highest BCUT2D eigenvalue weighted by Crippen LogP contribution is 2.40. The lowest BCUT2D eigenvalue weighted by Gasteiger charge is -2.17. The summed E-state index contributed by atoms with van der Waals surface area (Å²) in [6.07, 6.45) is 0. The van der Waals surface area contributed by atoms with Crippen LogP contribution in [-0.4, -0.2) is 50.6 Å². The molecule has 0 aliphatic carbocycles. The van der Waals surface area contributed by atoms with Gasteiger partial charge in [-0.2, -0.15) is 10.5 Å². The van der Waals surface area contributed by atoms with Gasteiger partial charge in [0.05, 0.1) is 38.8 Å². The van der Waals surface area contributed by atoms with Gasteiger partial charge in [0.15, 0.2) is 0 Å². The number of aromatic nitrogens is 2. The first-order valence-corrected chi connectivity index (χ1v) is 17.4. The van der Waals surface area contributed by atoms with E-state index in [1.807, 2.05) is 123 Å². The second kappa shape index (κ2) is 17.5. The summed E-state index contributed by atoms with van der Waals surface area (Å²) in [7, 11) is 3.23. The fourth-order valence-electron chi connectivity index (χ4n) is 5.92. The van der Waals surface area contributed by atoms with E-state index in [2.05, 4.69) is 12.1 Å². The molecule has 0 atom stereocenters. The fraction of sp³-hybridized carbons (Fsp3) is 0.182. The lowest BCUT2D eigenvalue weighted by atomic mass is 9.98. The molecule has 6 rings (SSSR count). The Labute approximate surface area is 314 Å². The van der Waals surface area contributed by atoms with Gasteiger partial charge in [0.2, 0.25) is 11.8 Å². The van der Waals surface area contributed by atoms with Gasteiger partial charge in [-0.1, -0.05) is 36.4 Å². The predicted octanol–water partition coefficient (Wildman–Crippen LogP) is 9.16. The van der Waals surface area contributed by atoms with Crippen molar-refractivity contribution >= 4 is 0 Å². The van der Waals surface area contributed by atoms with Crippen LogP contribution in [0.4, 0.5) is 0 Å². The second-order valence-corrected chi connectivity index (χ2v) is 11.7. The van der Waals surface area contributed by atoms with E-state index in [-0.39, 0.29) is 25.0 Å². The maximum absolute atomic E-state index is 10.3. The van der Waals surface area contributed by atoms with Crippen molar-refractivity contribution in [2.24, 2.45) is 0 Å². The fourth-order valence-corrected chi connectivity index (χ4v) is 5.92. The maximum Gasteiger partial charge on any atom is 0.232 e. The molecule has 0 unspecified atom stereocenters. The van der Waals surface area contributed by atoms with Crippen LogP contribution in [0, 0.1) is 22.7 Å². The van der Waals surface area contributed by atoms with Crippen LogP contribution >= 0.6 is 0 Å². The van der Waals surface area contributed by atoms with Crippen molar-refractivity contribution in [1.82, 2.24) is 9.97 Å². The van der Waals surface area contributed by atoms with Gasteiger partial charge < -0.3 is 28.4 Å². The number of hydrogen-bond donors (Lipinski definition) is 0. The molecule has 10 nitrogen and oxygen atoms in total. The summed E-state index contributed by atoms with van der Waals surface area (Å²) in [4.78, 5) is 9.38. The number of nitrogens with zero attached hydrogens (tertiary/aromatic N) is 4. The largest absolute Gasteiger partial charge is 0.497 e. The van der Waals surface area contributed by atoms with Crippen molar-refractivity contribution in [3.05, 3.63) is 120 Å². The van der Waals surface area contributed by atoms with E-state index < -0.39 is 0 Å². The maximum atomic E-state index is 10.3. The number of para-hydroxylation sites is 2. The molecule has 0 saturated carbocycles. The third-order valence-electron chi connectivity index (χ3n) is 8.48. The van der Waals surface area contributed by atoms with Crippen LogP contribution < -0.4 is 28.4 Å². The minimum absolute atomic E-state index is 0.185. The molecule has 2 aromatic heterocycles. The van der Waals surface area contributed by atoms with Gasteiger partial charge in [-0.25, -0.2) is 9.97 Å². The lowest BCUT2D eigenvalue weighted by Crippen LogP contribution is -2.10. The molecule has 0 radical (unpaired) electrons. The average Bonchev–Trinajstić information content (AvgIpc) is 3.22. The van der Waals surface area contributed by atoms with Crippen molar-refractivity contribution in [1.29, 1.82) is 10.5 Å². The first-order valence-electron chi connectivity index (χ1n) is 17.4. The summed E-state index contributed by atoms with van der Waals surface area (Å²) in [5.41, 5.74) is 6.24. The van der Waals surface area contributed by atoms with Crippen LogP contribution in [0.2, 0.25) is 0 Å². The van der Waals surface area contributed by atoms with Crippen molar-refractivity contribution in [3.8, 4) is 91.7 Å². The molecule has 0 fully saturated rings. The van der Waals surface area contributed by atoms with E-state index in [0.717, 1.165) is 22.6 Å². The van der Waals surface area contributed by atoms with Crippen LogP contribution in [-0.2, 0) is 0 Å². The molecule has 270 valence electrons. The summed E-state index contributed by atoms with van der Waals surface area (Å²) < 4.78 is 35.0. The zero-order chi connectivity index (χ0) is 37.9. The molecule has 2 heterocycles. The molecule has 0 aliphatic rings. The molecule has 0 N–H and O–H groups in total. The molecular weight excluding hydrogens is 681 g/mol. The minimum atomic E-state index is 0.185. The molecule has 0 bridgehead atoms. The number of methoxy groups -OCH3 is 2. The minimum Gasteiger partial charge on any atom is -0.497 e. The normalized spacial score (nSPS) is 10.5. The molecule has 4 aromatic carbocycles. The highest BCUT2D eigenvalue weighted by molar-refractivity contribution is 5.82. The van der Waals surface area contributed by atoms with Crippen LogP contribution in [0.25, 0.3) is 44.8 Å². The van der Waals surface area contributed by atoms with E-state index >= 15 is 0 Å². The summed E-state index contributed by atoms with van der Waals surface area (Å²) >= 11 is 0. The average molecular weight is 719 g/mol. The second-order valence-electron chi connectivity index (χ2n) is 11.7. The molecule has 6 aromatic rings. The Morgan fingerprint density at radius 3 is 1.24 bits per heavy atom. The Morgan fingerprint density at radius 1 is 0.500 bits per heavy atom. The quantitative estimate of drug-likeness (QED) is 0.0948. The van der Waals surface area contributed by atoms with Gasteiger partial charge in [-0.05, 0) is 86.6 Å². The van der Waals surface area contributed by atoms with Crippen molar-refractivity contribution < 1.29 is 28.4 Å². The number of ether oxygens (including phenoxy) is 6. The monoisotopic (exact) mass is 718 g/mol. The SMILES string of the molecule is CCOc1nc(-c2ccc(OC)cc2)cc(-c2ccccc2OCCOc2ccccc2-c2cc(-c3ccc(OC)cc3)nc(OCC)c2C#N)c1C#N. The van der Waals surface area contributed by atoms with Crippen LogP contribution in [0.3, 0.4) is 0 Å². The Morgan fingerprint density at radius 2 is 0.889 bits per heavy atom. The first kappa shape index (κ1) is 36.7. The number of nitriles is 2. The van der Waals surface area contributed by atoms with Gasteiger partial charge in [-0.3, -0.25) is 0 Å². The van der Waals surface area contributed by atoms with Crippen LogP contribution in [0.1, 0.15) is 25.0 Å². The number of pyridine rings is 2. The van der Waals surface area contributed by atoms with E-state index in [1.54, 1.807) is 14.2 Å². The molecule has 0 amide bonds. The van der Waals surface area contributed by atoms with Crippen molar-refractivity contribution in [3.63, 3.8) is 0 Å². The highest BCUT2D eigenvalue weighted by Gasteiger charge is 2.21. The van der Waals surface area contributed by atoms with Gasteiger partial charge in [-0.15, -0.1) is 0 Å².